The third-order valence-corrected chi connectivity index (χ3v) is 3.89. The van der Waals surface area contributed by atoms with Crippen LogP contribution in [0.25, 0.3) is 0 Å². The van der Waals surface area contributed by atoms with Gasteiger partial charge in [-0.1, -0.05) is 6.07 Å². The molecule has 1 aromatic carbocycles. The Labute approximate surface area is 136 Å². The first-order valence-corrected chi connectivity index (χ1v) is 8.07. The van der Waals surface area contributed by atoms with Crippen LogP contribution in [-0.4, -0.2) is 81.7 Å². The molecule has 1 aromatic rings. The Morgan fingerprint density at radius 3 is 1.41 bits per heavy atom. The maximum absolute atomic E-state index is 10.3. The summed E-state index contributed by atoms with van der Waals surface area (Å²) in [4.78, 5) is 6.55. The second-order valence-electron chi connectivity index (χ2n) is 6.91. The van der Waals surface area contributed by atoms with E-state index in [9.17, 15) is 5.11 Å². The zero-order valence-electron chi connectivity index (χ0n) is 15.2. The highest BCUT2D eigenvalue weighted by Gasteiger charge is 2.10. The van der Waals surface area contributed by atoms with Gasteiger partial charge >= 0.3 is 0 Å². The first-order valence-electron chi connectivity index (χ1n) is 8.07. The smallest absolute Gasteiger partial charge is 0.119 e. The van der Waals surface area contributed by atoms with E-state index in [2.05, 4.69) is 63.1 Å². The first-order chi connectivity index (χ1) is 10.3. The fourth-order valence-electron chi connectivity index (χ4n) is 2.43. The molecule has 0 aliphatic rings. The van der Waals surface area contributed by atoms with E-state index in [1.54, 1.807) is 0 Å². The van der Waals surface area contributed by atoms with Gasteiger partial charge in [-0.25, -0.2) is 0 Å². The van der Waals surface area contributed by atoms with E-state index in [1.807, 2.05) is 6.07 Å². The van der Waals surface area contributed by atoms with Crippen LogP contribution in [0.5, 0.6) is 5.75 Å². The van der Waals surface area contributed by atoms with Crippen LogP contribution >= 0.6 is 0 Å². The van der Waals surface area contributed by atoms with Gasteiger partial charge in [0.2, 0.25) is 0 Å². The van der Waals surface area contributed by atoms with E-state index < -0.39 is 0 Å². The molecule has 4 heteroatoms. The number of likely N-dealkylation sites (N-methyl/N-ethyl adjacent to an activating group) is 3. The molecule has 0 spiro atoms. The minimum absolute atomic E-state index is 0.448. The number of benzene rings is 1. The van der Waals surface area contributed by atoms with Gasteiger partial charge in [0, 0.05) is 19.6 Å². The molecule has 22 heavy (non-hydrogen) atoms. The van der Waals surface area contributed by atoms with Crippen molar-refractivity contribution in [2.24, 2.45) is 0 Å². The molecule has 0 amide bonds. The number of nitrogens with zero attached hydrogens (tertiary/aromatic N) is 3. The second kappa shape index (κ2) is 9.13. The van der Waals surface area contributed by atoms with E-state index in [0.29, 0.717) is 5.75 Å². The third-order valence-electron chi connectivity index (χ3n) is 3.89. The van der Waals surface area contributed by atoms with E-state index in [1.165, 1.54) is 11.1 Å². The molecule has 0 aliphatic carbocycles. The predicted molar refractivity (Wildman–Crippen MR) is 94.9 cm³/mol. The fourth-order valence-corrected chi connectivity index (χ4v) is 2.43. The molecule has 126 valence electrons. The standard InChI is InChI=1S/C18H33N3O/c1-19(2)10-7-15-13-17(9-12-21(5)6)18(22)14-16(15)8-11-20(3)4/h13-14,22H,7-12H2,1-6H3. The molecule has 0 radical (unpaired) electrons. The lowest BCUT2D eigenvalue weighted by Gasteiger charge is -2.18. The number of aromatic hydroxyl groups is 1. The van der Waals surface area contributed by atoms with Gasteiger partial charge in [-0.15, -0.1) is 0 Å². The van der Waals surface area contributed by atoms with E-state index >= 15 is 0 Å². The number of rotatable bonds is 9. The van der Waals surface area contributed by atoms with Gasteiger partial charge in [0.25, 0.3) is 0 Å². The molecule has 0 saturated carbocycles. The Hall–Kier alpha value is -1.10. The molecule has 1 N–H and O–H groups in total. The summed E-state index contributed by atoms with van der Waals surface area (Å²) in [6.45, 7) is 3.00. The molecule has 0 heterocycles. The number of hydrogen-bond acceptors (Lipinski definition) is 4. The van der Waals surface area contributed by atoms with Gasteiger partial charge in [-0.3, -0.25) is 0 Å². The van der Waals surface area contributed by atoms with Crippen LogP contribution in [0.3, 0.4) is 0 Å². The molecule has 0 fully saturated rings. The van der Waals surface area contributed by atoms with Crippen molar-refractivity contribution in [2.45, 2.75) is 19.3 Å². The van der Waals surface area contributed by atoms with Gasteiger partial charge in [0.15, 0.2) is 0 Å². The highest BCUT2D eigenvalue weighted by Crippen LogP contribution is 2.24. The molecule has 0 atom stereocenters. The van der Waals surface area contributed by atoms with E-state index in [-0.39, 0.29) is 0 Å². The van der Waals surface area contributed by atoms with Crippen molar-refractivity contribution in [1.29, 1.82) is 0 Å². The van der Waals surface area contributed by atoms with E-state index in [0.717, 1.165) is 44.5 Å². The predicted octanol–water partition coefficient (Wildman–Crippen LogP) is 1.70. The summed E-state index contributed by atoms with van der Waals surface area (Å²) in [5.41, 5.74) is 3.72. The highest BCUT2D eigenvalue weighted by molar-refractivity contribution is 5.42. The summed E-state index contributed by atoms with van der Waals surface area (Å²) >= 11 is 0. The normalized spacial score (nSPS) is 11.9. The van der Waals surface area contributed by atoms with Gasteiger partial charge in [0.05, 0.1) is 0 Å². The van der Waals surface area contributed by atoms with Crippen molar-refractivity contribution < 1.29 is 5.11 Å². The van der Waals surface area contributed by atoms with E-state index in [4.69, 9.17) is 0 Å². The Balaban J connectivity index is 2.95. The molecule has 0 bridgehead atoms. The van der Waals surface area contributed by atoms with Crippen LogP contribution in [0.1, 0.15) is 16.7 Å². The molecule has 0 aliphatic heterocycles. The lowest BCUT2D eigenvalue weighted by atomic mass is 9.96. The van der Waals surface area contributed by atoms with Gasteiger partial charge in [-0.05, 0) is 84.3 Å². The minimum Gasteiger partial charge on any atom is -0.508 e. The Bertz CT molecular complexity index is 456. The summed E-state index contributed by atoms with van der Waals surface area (Å²) in [7, 11) is 12.5. The Morgan fingerprint density at radius 1 is 0.636 bits per heavy atom. The molecule has 0 unspecified atom stereocenters. The third kappa shape index (κ3) is 6.77. The Kier molecular flexibility index (Phi) is 7.87. The molecular weight excluding hydrogens is 274 g/mol. The van der Waals surface area contributed by atoms with Crippen LogP contribution in [0.4, 0.5) is 0 Å². The average molecular weight is 307 g/mol. The maximum atomic E-state index is 10.3. The van der Waals surface area contributed by atoms with Crippen LogP contribution < -0.4 is 0 Å². The quantitative estimate of drug-likeness (QED) is 0.752. The monoisotopic (exact) mass is 307 g/mol. The van der Waals surface area contributed by atoms with Gasteiger partial charge < -0.3 is 19.8 Å². The van der Waals surface area contributed by atoms with Crippen molar-refractivity contribution in [3.63, 3.8) is 0 Å². The molecule has 0 saturated heterocycles. The SMILES string of the molecule is CN(C)CCc1cc(CCN(C)C)c(CCN(C)C)cc1O. The van der Waals surface area contributed by atoms with Crippen LogP contribution in [-0.2, 0) is 19.3 Å². The maximum Gasteiger partial charge on any atom is 0.119 e. The molecule has 0 aromatic heterocycles. The molecule has 1 rings (SSSR count). The summed E-state index contributed by atoms with van der Waals surface area (Å²) in [5.74, 6) is 0.448. The zero-order chi connectivity index (χ0) is 16.7. The number of phenols is 1. The summed E-state index contributed by atoms with van der Waals surface area (Å²) in [6, 6.07) is 4.20. The largest absolute Gasteiger partial charge is 0.508 e. The Morgan fingerprint density at radius 2 is 1.00 bits per heavy atom. The topological polar surface area (TPSA) is 30.0 Å². The second-order valence-corrected chi connectivity index (χ2v) is 6.91. The van der Waals surface area contributed by atoms with Crippen LogP contribution in [0.15, 0.2) is 12.1 Å². The van der Waals surface area contributed by atoms with Crippen molar-refractivity contribution in [3.05, 3.63) is 28.8 Å². The van der Waals surface area contributed by atoms with Crippen molar-refractivity contribution >= 4 is 0 Å². The molecule has 4 nitrogen and oxygen atoms in total. The van der Waals surface area contributed by atoms with Crippen molar-refractivity contribution in [2.75, 3.05) is 61.9 Å². The van der Waals surface area contributed by atoms with Gasteiger partial charge in [-0.2, -0.15) is 0 Å². The number of phenolic OH excluding ortho intramolecular Hbond substituents is 1. The highest BCUT2D eigenvalue weighted by atomic mass is 16.3. The van der Waals surface area contributed by atoms with Crippen molar-refractivity contribution in [1.82, 2.24) is 14.7 Å². The fraction of sp³-hybridized carbons (Fsp3) is 0.667. The number of hydrogen-bond donors (Lipinski definition) is 1. The lowest BCUT2D eigenvalue weighted by Crippen LogP contribution is -2.19. The summed E-state index contributed by atoms with van der Waals surface area (Å²) < 4.78 is 0. The van der Waals surface area contributed by atoms with Crippen molar-refractivity contribution in [3.8, 4) is 5.75 Å². The van der Waals surface area contributed by atoms with Crippen LogP contribution in [0.2, 0.25) is 0 Å². The zero-order valence-corrected chi connectivity index (χ0v) is 15.2. The molecular formula is C18H33N3O. The summed E-state index contributed by atoms with van der Waals surface area (Å²) in [5, 5.41) is 10.3. The van der Waals surface area contributed by atoms with Gasteiger partial charge in [0.1, 0.15) is 5.75 Å². The lowest BCUT2D eigenvalue weighted by molar-refractivity contribution is 0.401. The average Bonchev–Trinajstić information content (AvgIpc) is 2.42. The minimum atomic E-state index is 0.448. The van der Waals surface area contributed by atoms with Crippen LogP contribution in [0, 0.1) is 0 Å². The first kappa shape index (κ1) is 18.9. The summed E-state index contributed by atoms with van der Waals surface area (Å²) in [6.07, 6.45) is 2.91.